The maximum absolute atomic E-state index is 12.7. The van der Waals surface area contributed by atoms with E-state index < -0.39 is 12.1 Å². The first-order chi connectivity index (χ1) is 34.5. The fraction of sp³-hybridized carbons (Fsp3) is 0.578. The van der Waals surface area contributed by atoms with Gasteiger partial charge in [-0.1, -0.05) is 244 Å². The highest BCUT2D eigenvalue weighted by Crippen LogP contribution is 2.13. The predicted octanol–water partition coefficient (Wildman–Crippen LogP) is 18.8. The summed E-state index contributed by atoms with van der Waals surface area (Å²) in [4.78, 5) is 37.9. The summed E-state index contributed by atoms with van der Waals surface area (Å²) >= 11 is 0. The van der Waals surface area contributed by atoms with E-state index in [4.69, 9.17) is 14.2 Å². The van der Waals surface area contributed by atoms with Gasteiger partial charge in [0.15, 0.2) is 6.10 Å². The molecule has 0 amide bonds. The zero-order valence-electron chi connectivity index (χ0n) is 44.7. The van der Waals surface area contributed by atoms with Gasteiger partial charge in [-0.25, -0.2) is 0 Å². The highest BCUT2D eigenvalue weighted by atomic mass is 16.6. The largest absolute Gasteiger partial charge is 0.462 e. The van der Waals surface area contributed by atoms with Gasteiger partial charge in [0.2, 0.25) is 0 Å². The van der Waals surface area contributed by atoms with Crippen molar-refractivity contribution in [3.63, 3.8) is 0 Å². The van der Waals surface area contributed by atoms with Crippen molar-refractivity contribution < 1.29 is 28.6 Å². The van der Waals surface area contributed by atoms with Crippen LogP contribution in [0.4, 0.5) is 0 Å². The van der Waals surface area contributed by atoms with Crippen LogP contribution in [0, 0.1) is 0 Å². The zero-order chi connectivity index (χ0) is 50.7. The molecule has 0 aliphatic heterocycles. The van der Waals surface area contributed by atoms with Crippen molar-refractivity contribution in [3.8, 4) is 0 Å². The summed E-state index contributed by atoms with van der Waals surface area (Å²) in [6.07, 6.45) is 81.7. The SMILES string of the molecule is CC/C=C\C/C=C\C/C=C\C/C=C\C/C=C\C/C=C\C/C=C\CCCCCCCCCC(=O)OCC(COC(=O)CCCCCCCCCC)OC(=O)C/C=C\C/C=C\C/C=C\C/C=C\C/C=C\CC. The second kappa shape index (κ2) is 56.9. The number of rotatable bonds is 48. The molecule has 6 nitrogen and oxygen atoms in total. The topological polar surface area (TPSA) is 78.9 Å². The van der Waals surface area contributed by atoms with Gasteiger partial charge in [0.05, 0.1) is 6.42 Å². The normalized spacial score (nSPS) is 13.2. The zero-order valence-corrected chi connectivity index (χ0v) is 44.7. The number of hydrogen-bond donors (Lipinski definition) is 0. The Morgan fingerprint density at radius 2 is 0.600 bits per heavy atom. The Labute approximate surface area is 429 Å². The van der Waals surface area contributed by atoms with Gasteiger partial charge >= 0.3 is 17.9 Å². The third-order valence-electron chi connectivity index (χ3n) is 11.1. The molecule has 0 aromatic heterocycles. The second-order valence-electron chi connectivity index (χ2n) is 17.8. The van der Waals surface area contributed by atoms with Crippen molar-refractivity contribution in [2.45, 2.75) is 226 Å². The molecule has 0 aromatic carbocycles. The summed E-state index contributed by atoms with van der Waals surface area (Å²) in [5.41, 5.74) is 0. The highest BCUT2D eigenvalue weighted by molar-refractivity contribution is 5.72. The lowest BCUT2D eigenvalue weighted by atomic mass is 10.1. The molecule has 0 aromatic rings. The Balaban J connectivity index is 4.32. The van der Waals surface area contributed by atoms with E-state index in [1.54, 1.807) is 6.08 Å². The van der Waals surface area contributed by atoms with Crippen LogP contribution < -0.4 is 0 Å². The molecule has 6 heteroatoms. The van der Waals surface area contributed by atoms with E-state index in [0.717, 1.165) is 122 Å². The van der Waals surface area contributed by atoms with Crippen LogP contribution in [0.15, 0.2) is 146 Å². The van der Waals surface area contributed by atoms with Gasteiger partial charge in [-0.15, -0.1) is 0 Å². The van der Waals surface area contributed by atoms with E-state index in [2.05, 4.69) is 154 Å². The average Bonchev–Trinajstić information content (AvgIpc) is 3.36. The van der Waals surface area contributed by atoms with Crippen molar-refractivity contribution in [2.75, 3.05) is 13.2 Å². The number of allylic oxidation sites excluding steroid dienone is 23. The third-order valence-corrected chi connectivity index (χ3v) is 11.1. The third kappa shape index (κ3) is 54.2. The Morgan fingerprint density at radius 1 is 0.314 bits per heavy atom. The maximum atomic E-state index is 12.7. The summed E-state index contributed by atoms with van der Waals surface area (Å²) in [6.45, 7) is 6.26. The van der Waals surface area contributed by atoms with Crippen LogP contribution in [0.3, 0.4) is 0 Å². The monoisotopic (exact) mass is 965 g/mol. The molecule has 0 aliphatic carbocycles. The number of esters is 3. The lowest BCUT2D eigenvalue weighted by Gasteiger charge is -2.18. The number of ether oxygens (including phenoxy) is 3. The molecule has 0 rings (SSSR count). The van der Waals surface area contributed by atoms with Crippen LogP contribution >= 0.6 is 0 Å². The summed E-state index contributed by atoms with van der Waals surface area (Å²) < 4.78 is 16.6. The van der Waals surface area contributed by atoms with E-state index in [1.807, 2.05) is 6.08 Å². The molecule has 0 aliphatic rings. The summed E-state index contributed by atoms with van der Waals surface area (Å²) in [6, 6.07) is 0. The van der Waals surface area contributed by atoms with Crippen molar-refractivity contribution in [1.82, 2.24) is 0 Å². The molecular weight excluding hydrogens is 865 g/mol. The molecule has 0 saturated heterocycles. The van der Waals surface area contributed by atoms with E-state index in [-0.39, 0.29) is 31.6 Å². The molecule has 0 saturated carbocycles. The molecule has 0 radical (unpaired) electrons. The Bertz CT molecular complexity index is 1580. The molecule has 0 heterocycles. The minimum Gasteiger partial charge on any atom is -0.462 e. The van der Waals surface area contributed by atoms with Crippen LogP contribution in [0.2, 0.25) is 0 Å². The summed E-state index contributed by atoms with van der Waals surface area (Å²) in [5.74, 6) is -1.08. The Kier molecular flexibility index (Phi) is 53.0. The lowest BCUT2D eigenvalue weighted by molar-refractivity contribution is -0.166. The fourth-order valence-electron chi connectivity index (χ4n) is 7.03. The number of unbranched alkanes of at least 4 members (excludes halogenated alkanes) is 14. The van der Waals surface area contributed by atoms with Gasteiger partial charge in [0, 0.05) is 12.8 Å². The van der Waals surface area contributed by atoms with Gasteiger partial charge < -0.3 is 14.2 Å². The average molecular weight is 965 g/mol. The van der Waals surface area contributed by atoms with Gasteiger partial charge in [-0.05, 0) is 103 Å². The van der Waals surface area contributed by atoms with Crippen LogP contribution in [0.5, 0.6) is 0 Å². The van der Waals surface area contributed by atoms with Crippen molar-refractivity contribution in [3.05, 3.63) is 146 Å². The molecule has 1 atom stereocenters. The minimum absolute atomic E-state index is 0.0892. The van der Waals surface area contributed by atoms with Gasteiger partial charge in [-0.2, -0.15) is 0 Å². The fourth-order valence-corrected chi connectivity index (χ4v) is 7.03. The van der Waals surface area contributed by atoms with E-state index in [0.29, 0.717) is 19.3 Å². The first-order valence-corrected chi connectivity index (χ1v) is 27.8. The van der Waals surface area contributed by atoms with Crippen molar-refractivity contribution >= 4 is 17.9 Å². The maximum Gasteiger partial charge on any atom is 0.310 e. The standard InChI is InChI=1S/C64H100O6/c1-4-7-10-13-16-19-21-23-25-26-27-28-29-30-31-32-33-34-35-36-37-38-40-41-43-45-48-51-54-57-63(66)69-60-61(59-68-62(65)56-53-50-47-18-15-12-9-6-3)70-64(67)58-55-52-49-46-44-42-39-24-22-20-17-14-11-8-5-2/h7-8,10-11,16-17,19-20,23-25,27-28,30-31,33-34,36-37,39,44,46,52,55,61H,4-6,9,12-15,18,21-22,26,29,32,35,38,40-43,45,47-51,53-54,56-60H2,1-3H3/b10-7-,11-8-,19-16-,20-17-,25-23-,28-27-,31-30-,34-33-,37-36-,39-24-,46-44-,55-52-. The van der Waals surface area contributed by atoms with E-state index >= 15 is 0 Å². The molecule has 392 valence electrons. The van der Waals surface area contributed by atoms with Gasteiger partial charge in [0.25, 0.3) is 0 Å². The quantitative estimate of drug-likeness (QED) is 0.0262. The number of carbonyl (C=O) groups excluding carboxylic acids is 3. The van der Waals surface area contributed by atoms with Crippen molar-refractivity contribution in [1.29, 1.82) is 0 Å². The van der Waals surface area contributed by atoms with E-state index in [1.165, 1.54) is 51.4 Å². The van der Waals surface area contributed by atoms with E-state index in [9.17, 15) is 14.4 Å². The first-order valence-electron chi connectivity index (χ1n) is 27.8. The van der Waals surface area contributed by atoms with Crippen LogP contribution in [-0.4, -0.2) is 37.2 Å². The molecule has 70 heavy (non-hydrogen) atoms. The lowest BCUT2D eigenvalue weighted by Crippen LogP contribution is -2.30. The highest BCUT2D eigenvalue weighted by Gasteiger charge is 2.19. The number of hydrogen-bond acceptors (Lipinski definition) is 6. The minimum atomic E-state index is -0.840. The van der Waals surface area contributed by atoms with Gasteiger partial charge in [0.1, 0.15) is 13.2 Å². The molecule has 0 fully saturated rings. The molecule has 1 unspecified atom stereocenters. The van der Waals surface area contributed by atoms with Gasteiger partial charge in [-0.3, -0.25) is 14.4 Å². The Morgan fingerprint density at radius 3 is 0.943 bits per heavy atom. The summed E-state index contributed by atoms with van der Waals surface area (Å²) in [5, 5.41) is 0. The first kappa shape index (κ1) is 65.3. The smallest absolute Gasteiger partial charge is 0.310 e. The summed E-state index contributed by atoms with van der Waals surface area (Å²) in [7, 11) is 0. The van der Waals surface area contributed by atoms with Crippen LogP contribution in [-0.2, 0) is 28.6 Å². The predicted molar refractivity (Wildman–Crippen MR) is 302 cm³/mol. The molecule has 0 spiro atoms. The molecule has 0 N–H and O–H groups in total. The Hall–Kier alpha value is -4.71. The van der Waals surface area contributed by atoms with Crippen LogP contribution in [0.25, 0.3) is 0 Å². The van der Waals surface area contributed by atoms with Crippen LogP contribution in [0.1, 0.15) is 220 Å². The van der Waals surface area contributed by atoms with Crippen molar-refractivity contribution in [2.24, 2.45) is 0 Å². The second-order valence-corrected chi connectivity index (χ2v) is 17.8. The number of carbonyl (C=O) groups is 3. The molecule has 0 bridgehead atoms. The molecular formula is C64H100O6.